The normalized spacial score (nSPS) is 14.7. The molecule has 0 bridgehead atoms. The van der Waals surface area contributed by atoms with Gasteiger partial charge in [-0.1, -0.05) is 12.1 Å². The molecule has 0 amide bonds. The van der Waals surface area contributed by atoms with Gasteiger partial charge >= 0.3 is 5.69 Å². The van der Waals surface area contributed by atoms with Gasteiger partial charge in [-0.15, -0.1) is 0 Å². The number of aryl methyl sites for hydroxylation is 1. The van der Waals surface area contributed by atoms with Crippen LogP contribution in [-0.4, -0.2) is 36.1 Å². The van der Waals surface area contributed by atoms with Crippen molar-refractivity contribution < 1.29 is 4.92 Å². The van der Waals surface area contributed by atoms with Crippen molar-refractivity contribution in [2.75, 3.05) is 36.0 Å². The lowest BCUT2D eigenvalue weighted by molar-refractivity contribution is -0.382. The molecule has 0 saturated carbocycles. The number of anilines is 2. The Labute approximate surface area is 151 Å². The second-order valence-electron chi connectivity index (χ2n) is 6.57. The average Bonchev–Trinajstić information content (AvgIpc) is 2.67. The first-order valence-electron chi connectivity index (χ1n) is 8.72. The van der Waals surface area contributed by atoms with E-state index in [0.29, 0.717) is 16.6 Å². The highest BCUT2D eigenvalue weighted by molar-refractivity contribution is 5.94. The van der Waals surface area contributed by atoms with Crippen LogP contribution in [-0.2, 0) is 0 Å². The largest absolute Gasteiger partial charge is 0.368 e. The van der Waals surface area contributed by atoms with E-state index in [2.05, 4.69) is 46.0 Å². The summed E-state index contributed by atoms with van der Waals surface area (Å²) in [4.78, 5) is 20.1. The molecule has 2 heterocycles. The van der Waals surface area contributed by atoms with Gasteiger partial charge in [0, 0.05) is 38.1 Å². The van der Waals surface area contributed by atoms with Gasteiger partial charge in [0.15, 0.2) is 0 Å². The molecule has 4 rings (SSSR count). The van der Waals surface area contributed by atoms with E-state index in [4.69, 9.17) is 0 Å². The van der Waals surface area contributed by atoms with Crippen molar-refractivity contribution in [3.05, 3.63) is 70.4 Å². The van der Waals surface area contributed by atoms with Crippen LogP contribution in [0.4, 0.5) is 17.1 Å². The predicted octanol–water partition coefficient (Wildman–Crippen LogP) is 3.78. The van der Waals surface area contributed by atoms with Crippen LogP contribution in [0.5, 0.6) is 0 Å². The van der Waals surface area contributed by atoms with Crippen molar-refractivity contribution in [2.24, 2.45) is 0 Å². The maximum Gasteiger partial charge on any atom is 0.301 e. The molecule has 0 aliphatic carbocycles. The van der Waals surface area contributed by atoms with E-state index in [1.807, 2.05) is 12.1 Å². The minimum atomic E-state index is -0.285. The number of benzene rings is 2. The molecular weight excluding hydrogens is 328 g/mol. The average molecular weight is 348 g/mol. The third kappa shape index (κ3) is 2.94. The summed E-state index contributed by atoms with van der Waals surface area (Å²) >= 11 is 0. The van der Waals surface area contributed by atoms with Gasteiger partial charge in [0.05, 0.1) is 15.8 Å². The Morgan fingerprint density at radius 2 is 1.77 bits per heavy atom. The zero-order valence-electron chi connectivity index (χ0n) is 14.6. The second-order valence-corrected chi connectivity index (χ2v) is 6.57. The molecule has 0 atom stereocenters. The Kier molecular flexibility index (Phi) is 4.16. The first-order valence-corrected chi connectivity index (χ1v) is 8.72. The van der Waals surface area contributed by atoms with E-state index in [0.717, 1.165) is 26.2 Å². The van der Waals surface area contributed by atoms with Crippen LogP contribution in [0, 0.1) is 17.0 Å². The SMILES string of the molecule is Cc1cccc(N2CCN(c3ccc4ncccc4c3[N+](=O)[O-])CC2)c1. The van der Waals surface area contributed by atoms with E-state index in [1.165, 1.54) is 11.3 Å². The number of nitro groups is 1. The van der Waals surface area contributed by atoms with Gasteiger partial charge in [0.2, 0.25) is 0 Å². The fraction of sp³-hybridized carbons (Fsp3) is 0.250. The Morgan fingerprint density at radius 3 is 2.50 bits per heavy atom. The smallest absolute Gasteiger partial charge is 0.301 e. The number of hydrogen-bond donors (Lipinski definition) is 0. The Bertz CT molecular complexity index is 965. The quantitative estimate of drug-likeness (QED) is 0.532. The molecule has 6 heteroatoms. The van der Waals surface area contributed by atoms with Crippen LogP contribution in [0.25, 0.3) is 10.9 Å². The number of aromatic nitrogens is 1. The minimum absolute atomic E-state index is 0.152. The van der Waals surface area contributed by atoms with Crippen molar-refractivity contribution in [3.63, 3.8) is 0 Å². The highest BCUT2D eigenvalue weighted by Crippen LogP contribution is 2.35. The van der Waals surface area contributed by atoms with Crippen molar-refractivity contribution in [1.29, 1.82) is 0 Å². The number of pyridine rings is 1. The zero-order valence-corrected chi connectivity index (χ0v) is 14.6. The van der Waals surface area contributed by atoms with E-state index in [1.54, 1.807) is 18.3 Å². The lowest BCUT2D eigenvalue weighted by atomic mass is 10.1. The molecule has 132 valence electrons. The first-order chi connectivity index (χ1) is 12.6. The standard InChI is InChI=1S/C20H20N4O2/c1-15-4-2-5-16(14-15)22-10-12-23(13-11-22)19-8-7-18-17(6-3-9-21-18)20(19)24(25)26/h2-9,14H,10-13H2,1H3. The minimum Gasteiger partial charge on any atom is -0.368 e. The molecule has 1 aliphatic rings. The van der Waals surface area contributed by atoms with Crippen LogP contribution in [0.2, 0.25) is 0 Å². The highest BCUT2D eigenvalue weighted by Gasteiger charge is 2.26. The van der Waals surface area contributed by atoms with Crippen LogP contribution in [0.3, 0.4) is 0 Å². The Morgan fingerprint density at radius 1 is 1.00 bits per heavy atom. The summed E-state index contributed by atoms with van der Waals surface area (Å²) in [6.45, 7) is 5.27. The molecule has 1 saturated heterocycles. The molecule has 1 aromatic heterocycles. The van der Waals surface area contributed by atoms with Gasteiger partial charge in [-0.05, 0) is 48.9 Å². The fourth-order valence-electron chi connectivity index (χ4n) is 3.60. The van der Waals surface area contributed by atoms with Crippen LogP contribution in [0.15, 0.2) is 54.7 Å². The molecule has 6 nitrogen and oxygen atoms in total. The van der Waals surface area contributed by atoms with Crippen molar-refractivity contribution >= 4 is 28.0 Å². The number of piperazine rings is 1. The van der Waals surface area contributed by atoms with Gasteiger partial charge in [-0.3, -0.25) is 15.1 Å². The third-order valence-corrected chi connectivity index (χ3v) is 4.91. The van der Waals surface area contributed by atoms with Crippen LogP contribution in [0.1, 0.15) is 5.56 Å². The van der Waals surface area contributed by atoms with Gasteiger partial charge in [-0.2, -0.15) is 0 Å². The Balaban J connectivity index is 1.62. The van der Waals surface area contributed by atoms with Crippen LogP contribution < -0.4 is 9.80 Å². The van der Waals surface area contributed by atoms with Crippen LogP contribution >= 0.6 is 0 Å². The molecule has 3 aromatic rings. The molecule has 1 fully saturated rings. The topological polar surface area (TPSA) is 62.5 Å². The zero-order chi connectivity index (χ0) is 18.1. The summed E-state index contributed by atoms with van der Waals surface area (Å²) in [5, 5.41) is 12.3. The molecule has 0 N–H and O–H groups in total. The molecular formula is C20H20N4O2. The molecule has 2 aromatic carbocycles. The molecule has 0 radical (unpaired) electrons. The van der Waals surface area contributed by atoms with E-state index >= 15 is 0 Å². The maximum atomic E-state index is 11.7. The summed E-state index contributed by atoms with van der Waals surface area (Å²) in [7, 11) is 0. The van der Waals surface area contributed by atoms with Crippen molar-refractivity contribution in [1.82, 2.24) is 4.98 Å². The van der Waals surface area contributed by atoms with Gasteiger partial charge in [-0.25, -0.2) is 0 Å². The molecule has 0 unspecified atom stereocenters. The summed E-state index contributed by atoms with van der Waals surface area (Å²) < 4.78 is 0. The third-order valence-electron chi connectivity index (χ3n) is 4.91. The number of rotatable bonds is 3. The Hall–Kier alpha value is -3.15. The summed E-state index contributed by atoms with van der Waals surface area (Å²) in [6.07, 6.45) is 1.66. The first kappa shape index (κ1) is 16.3. The summed E-state index contributed by atoms with van der Waals surface area (Å²) in [6, 6.07) is 15.7. The van der Waals surface area contributed by atoms with Gasteiger partial charge in [0.25, 0.3) is 0 Å². The van der Waals surface area contributed by atoms with E-state index < -0.39 is 0 Å². The molecule has 0 spiro atoms. The second kappa shape index (κ2) is 6.63. The van der Waals surface area contributed by atoms with Crippen molar-refractivity contribution in [2.45, 2.75) is 6.92 Å². The fourth-order valence-corrected chi connectivity index (χ4v) is 3.60. The number of nitrogens with zero attached hydrogens (tertiary/aromatic N) is 4. The summed E-state index contributed by atoms with van der Waals surface area (Å²) in [5.41, 5.74) is 3.94. The number of hydrogen-bond acceptors (Lipinski definition) is 5. The van der Waals surface area contributed by atoms with Gasteiger partial charge in [0.1, 0.15) is 5.69 Å². The lowest BCUT2D eigenvalue weighted by Crippen LogP contribution is -2.46. The highest BCUT2D eigenvalue weighted by atomic mass is 16.6. The number of nitro benzene ring substituents is 1. The van der Waals surface area contributed by atoms with E-state index in [9.17, 15) is 10.1 Å². The predicted molar refractivity (Wildman–Crippen MR) is 104 cm³/mol. The summed E-state index contributed by atoms with van der Waals surface area (Å²) in [5.74, 6) is 0. The molecule has 26 heavy (non-hydrogen) atoms. The lowest BCUT2D eigenvalue weighted by Gasteiger charge is -2.37. The van der Waals surface area contributed by atoms with E-state index in [-0.39, 0.29) is 10.6 Å². The monoisotopic (exact) mass is 348 g/mol. The van der Waals surface area contributed by atoms with Crippen molar-refractivity contribution in [3.8, 4) is 0 Å². The van der Waals surface area contributed by atoms with Gasteiger partial charge < -0.3 is 9.80 Å². The number of fused-ring (bicyclic) bond motifs is 1. The maximum absolute atomic E-state index is 11.7. The molecule has 1 aliphatic heterocycles.